The van der Waals surface area contributed by atoms with Crippen molar-refractivity contribution in [3.63, 3.8) is 0 Å². The molecule has 1 N–H and O–H groups in total. The smallest absolute Gasteiger partial charge is 0.322 e. The third-order valence-corrected chi connectivity index (χ3v) is 5.01. The number of aromatic nitrogens is 2. The molecule has 1 aliphatic carbocycles. The molecule has 1 heterocycles. The van der Waals surface area contributed by atoms with Crippen molar-refractivity contribution in [1.82, 2.24) is 14.7 Å². The van der Waals surface area contributed by atoms with Gasteiger partial charge in [0, 0.05) is 19.2 Å². The lowest BCUT2D eigenvalue weighted by atomic mass is 10.1. The van der Waals surface area contributed by atoms with Crippen LogP contribution < -0.4 is 5.32 Å². The summed E-state index contributed by atoms with van der Waals surface area (Å²) in [6.07, 6.45) is 7.21. The molecular formula is C20H28N4O. The third kappa shape index (κ3) is 4.62. The van der Waals surface area contributed by atoms with E-state index in [0.29, 0.717) is 12.6 Å². The third-order valence-electron chi connectivity index (χ3n) is 5.01. The summed E-state index contributed by atoms with van der Waals surface area (Å²) in [7, 11) is 1.91. The van der Waals surface area contributed by atoms with Crippen LogP contribution in [0.2, 0.25) is 0 Å². The van der Waals surface area contributed by atoms with Gasteiger partial charge >= 0.3 is 6.03 Å². The highest BCUT2D eigenvalue weighted by Crippen LogP contribution is 2.22. The predicted octanol–water partition coefficient (Wildman–Crippen LogP) is 4.43. The second-order valence-corrected chi connectivity index (χ2v) is 7.00. The summed E-state index contributed by atoms with van der Waals surface area (Å²) in [5, 5.41) is 7.59. The lowest BCUT2D eigenvalue weighted by Gasteiger charge is -2.27. The minimum Gasteiger partial charge on any atom is -0.325 e. The Bertz CT molecular complexity index is 687. The van der Waals surface area contributed by atoms with E-state index in [1.165, 1.54) is 31.2 Å². The van der Waals surface area contributed by atoms with Crippen molar-refractivity contribution in [1.29, 1.82) is 0 Å². The first-order chi connectivity index (χ1) is 12.1. The van der Waals surface area contributed by atoms with Crippen molar-refractivity contribution in [2.75, 3.05) is 12.4 Å². The molecule has 0 spiro atoms. The van der Waals surface area contributed by atoms with Crippen LogP contribution in [0.25, 0.3) is 0 Å². The normalized spacial score (nSPS) is 15.6. The van der Waals surface area contributed by atoms with Crippen LogP contribution >= 0.6 is 0 Å². The van der Waals surface area contributed by atoms with Gasteiger partial charge in [0.2, 0.25) is 0 Å². The van der Waals surface area contributed by atoms with Gasteiger partial charge in [-0.1, -0.05) is 56.0 Å². The molecule has 1 saturated carbocycles. The second-order valence-electron chi connectivity index (χ2n) is 7.00. The summed E-state index contributed by atoms with van der Waals surface area (Å²) >= 11 is 0. The average molecular weight is 340 g/mol. The van der Waals surface area contributed by atoms with Crippen LogP contribution in [0.4, 0.5) is 10.6 Å². The van der Waals surface area contributed by atoms with Crippen LogP contribution in [-0.4, -0.2) is 33.8 Å². The summed E-state index contributed by atoms with van der Waals surface area (Å²) in [6.45, 7) is 2.60. The maximum absolute atomic E-state index is 12.7. The zero-order valence-corrected chi connectivity index (χ0v) is 15.2. The summed E-state index contributed by atoms with van der Waals surface area (Å²) < 4.78 is 1.86. The maximum atomic E-state index is 12.7. The minimum atomic E-state index is -0.0406. The van der Waals surface area contributed by atoms with E-state index in [9.17, 15) is 4.79 Å². The molecule has 1 fully saturated rings. The monoisotopic (exact) mass is 340 g/mol. The first-order valence-electron chi connectivity index (χ1n) is 9.25. The summed E-state index contributed by atoms with van der Waals surface area (Å²) in [4.78, 5) is 14.6. The van der Waals surface area contributed by atoms with Gasteiger partial charge in [0.05, 0.1) is 12.2 Å². The Kier molecular flexibility index (Phi) is 5.74. The van der Waals surface area contributed by atoms with Crippen LogP contribution in [0.3, 0.4) is 0 Å². The molecule has 5 nitrogen and oxygen atoms in total. The van der Waals surface area contributed by atoms with Crippen molar-refractivity contribution >= 4 is 11.8 Å². The second kappa shape index (κ2) is 8.19. The Balaban J connectivity index is 1.68. The van der Waals surface area contributed by atoms with Gasteiger partial charge in [0.15, 0.2) is 0 Å². The van der Waals surface area contributed by atoms with Gasteiger partial charge in [-0.15, -0.1) is 0 Å². The van der Waals surface area contributed by atoms with E-state index in [1.54, 1.807) is 0 Å². The maximum Gasteiger partial charge on any atom is 0.322 e. The van der Waals surface area contributed by atoms with Crippen molar-refractivity contribution < 1.29 is 4.79 Å². The summed E-state index contributed by atoms with van der Waals surface area (Å²) in [6, 6.07) is 12.4. The Morgan fingerprint density at radius 2 is 1.88 bits per heavy atom. The van der Waals surface area contributed by atoms with E-state index in [2.05, 4.69) is 22.5 Å². The lowest BCUT2D eigenvalue weighted by Crippen LogP contribution is -2.40. The average Bonchev–Trinajstić information content (AvgIpc) is 2.81. The molecule has 134 valence electrons. The molecule has 1 aromatic carbocycles. The quantitative estimate of drug-likeness (QED) is 0.837. The van der Waals surface area contributed by atoms with Crippen molar-refractivity contribution in [3.05, 3.63) is 47.7 Å². The molecule has 2 aromatic rings. The van der Waals surface area contributed by atoms with Gasteiger partial charge in [-0.25, -0.2) is 9.48 Å². The van der Waals surface area contributed by atoms with Gasteiger partial charge in [-0.3, -0.25) is 5.32 Å². The molecule has 2 amide bonds. The van der Waals surface area contributed by atoms with E-state index in [1.807, 2.05) is 47.8 Å². The molecule has 0 bridgehead atoms. The molecule has 0 atom stereocenters. The molecule has 25 heavy (non-hydrogen) atoms. The van der Waals surface area contributed by atoms with Crippen molar-refractivity contribution in [3.8, 4) is 0 Å². The SMILES string of the molecule is Cc1cc(NC(=O)N(C)C2CCCCCC2)n(Cc2ccccc2)n1. The number of nitrogens with one attached hydrogen (secondary N) is 1. The molecule has 0 radical (unpaired) electrons. The number of rotatable bonds is 4. The van der Waals surface area contributed by atoms with Gasteiger partial charge in [0.25, 0.3) is 0 Å². The van der Waals surface area contributed by atoms with Crippen LogP contribution in [0, 0.1) is 6.92 Å². The Morgan fingerprint density at radius 3 is 2.56 bits per heavy atom. The number of urea groups is 1. The highest BCUT2D eigenvalue weighted by molar-refractivity contribution is 5.88. The Labute approximate surface area is 150 Å². The standard InChI is InChI=1S/C20H28N4O/c1-16-14-19(24(22-16)15-17-10-6-5-7-11-17)21-20(25)23(2)18-12-8-3-4-9-13-18/h5-7,10-11,14,18H,3-4,8-9,12-13,15H2,1-2H3,(H,21,25). The van der Waals surface area contributed by atoms with Crippen LogP contribution in [-0.2, 0) is 6.54 Å². The molecule has 0 aliphatic heterocycles. The van der Waals surface area contributed by atoms with Crippen LogP contribution in [0.5, 0.6) is 0 Å². The number of aryl methyl sites for hydroxylation is 1. The number of hydrogen-bond acceptors (Lipinski definition) is 2. The molecule has 5 heteroatoms. The van der Waals surface area contributed by atoms with Gasteiger partial charge < -0.3 is 4.90 Å². The largest absolute Gasteiger partial charge is 0.325 e. The molecule has 3 rings (SSSR count). The zero-order valence-electron chi connectivity index (χ0n) is 15.2. The number of carbonyl (C=O) groups is 1. The van der Waals surface area contributed by atoms with Gasteiger partial charge in [-0.2, -0.15) is 5.10 Å². The van der Waals surface area contributed by atoms with Crippen molar-refractivity contribution in [2.24, 2.45) is 0 Å². The minimum absolute atomic E-state index is 0.0406. The first-order valence-corrected chi connectivity index (χ1v) is 9.25. The number of anilines is 1. The molecular weight excluding hydrogens is 312 g/mol. The Hall–Kier alpha value is -2.30. The topological polar surface area (TPSA) is 50.2 Å². The molecule has 1 aromatic heterocycles. The first kappa shape index (κ1) is 17.5. The molecule has 1 aliphatic rings. The van der Waals surface area contributed by atoms with Crippen LogP contribution in [0.15, 0.2) is 36.4 Å². The summed E-state index contributed by atoms with van der Waals surface area (Å²) in [5.41, 5.74) is 2.07. The van der Waals surface area contributed by atoms with E-state index < -0.39 is 0 Å². The fourth-order valence-corrected chi connectivity index (χ4v) is 3.53. The fourth-order valence-electron chi connectivity index (χ4n) is 3.53. The number of amides is 2. The molecule has 0 unspecified atom stereocenters. The highest BCUT2D eigenvalue weighted by atomic mass is 16.2. The Morgan fingerprint density at radius 1 is 1.20 bits per heavy atom. The number of carbonyl (C=O) groups excluding carboxylic acids is 1. The van der Waals surface area contributed by atoms with Crippen molar-refractivity contribution in [2.45, 2.75) is 58.0 Å². The highest BCUT2D eigenvalue weighted by Gasteiger charge is 2.22. The summed E-state index contributed by atoms with van der Waals surface area (Å²) in [5.74, 6) is 0.756. The van der Waals surface area contributed by atoms with E-state index in [0.717, 1.165) is 24.4 Å². The fraction of sp³-hybridized carbons (Fsp3) is 0.500. The van der Waals surface area contributed by atoms with Crippen LogP contribution in [0.1, 0.15) is 49.8 Å². The van der Waals surface area contributed by atoms with E-state index in [-0.39, 0.29) is 6.03 Å². The zero-order chi connectivity index (χ0) is 17.6. The predicted molar refractivity (Wildman–Crippen MR) is 101 cm³/mol. The number of benzene rings is 1. The van der Waals surface area contributed by atoms with Gasteiger partial charge in [-0.05, 0) is 25.3 Å². The lowest BCUT2D eigenvalue weighted by molar-refractivity contribution is 0.197. The van der Waals surface area contributed by atoms with E-state index in [4.69, 9.17) is 0 Å². The van der Waals surface area contributed by atoms with Gasteiger partial charge in [0.1, 0.15) is 5.82 Å². The number of nitrogens with zero attached hydrogens (tertiary/aromatic N) is 3. The number of hydrogen-bond donors (Lipinski definition) is 1. The van der Waals surface area contributed by atoms with E-state index >= 15 is 0 Å². The molecule has 0 saturated heterocycles.